The number of rotatable bonds is 7. The molecule has 1 heterocycles. The van der Waals surface area contributed by atoms with Crippen molar-refractivity contribution in [1.82, 2.24) is 9.97 Å². The fourth-order valence-corrected chi connectivity index (χ4v) is 1.36. The zero-order valence-corrected chi connectivity index (χ0v) is 10.7. The van der Waals surface area contributed by atoms with E-state index in [-0.39, 0.29) is 10.7 Å². The van der Waals surface area contributed by atoms with Crippen molar-refractivity contribution in [2.24, 2.45) is 5.92 Å². The van der Waals surface area contributed by atoms with E-state index < -0.39 is 0 Å². The zero-order chi connectivity index (χ0) is 12.7. The summed E-state index contributed by atoms with van der Waals surface area (Å²) >= 11 is 5.76. The first-order valence-electron chi connectivity index (χ1n) is 5.42. The van der Waals surface area contributed by atoms with E-state index in [1.165, 1.54) is 6.33 Å². The van der Waals surface area contributed by atoms with Gasteiger partial charge in [-0.2, -0.15) is 0 Å². The summed E-state index contributed by atoms with van der Waals surface area (Å²) in [4.78, 5) is 18.5. The van der Waals surface area contributed by atoms with Crippen molar-refractivity contribution in [3.63, 3.8) is 0 Å². The van der Waals surface area contributed by atoms with Crippen LogP contribution in [0.25, 0.3) is 0 Å². The van der Waals surface area contributed by atoms with E-state index in [4.69, 9.17) is 16.3 Å². The van der Waals surface area contributed by atoms with Gasteiger partial charge in [0.1, 0.15) is 17.3 Å². The number of aldehydes is 1. The molecule has 0 aliphatic rings. The maximum Gasteiger partial charge on any atom is 0.156 e. The SMILES string of the molecule is CC(C)COCCNc1ncnc(Cl)c1C=O. The third-order valence-electron chi connectivity index (χ3n) is 1.94. The summed E-state index contributed by atoms with van der Waals surface area (Å²) in [5, 5.41) is 3.14. The highest BCUT2D eigenvalue weighted by Crippen LogP contribution is 2.16. The quantitative estimate of drug-likeness (QED) is 0.460. The van der Waals surface area contributed by atoms with Crippen molar-refractivity contribution in [1.29, 1.82) is 0 Å². The number of nitrogens with zero attached hydrogens (tertiary/aromatic N) is 2. The molecule has 1 aromatic heterocycles. The normalized spacial score (nSPS) is 10.6. The molecule has 0 aliphatic heterocycles. The molecule has 0 aromatic carbocycles. The predicted octanol–water partition coefficient (Wildman–Crippen LogP) is 2.03. The average Bonchev–Trinajstić information content (AvgIpc) is 2.28. The van der Waals surface area contributed by atoms with Crippen LogP contribution in [0.4, 0.5) is 5.82 Å². The molecule has 1 rings (SSSR count). The van der Waals surface area contributed by atoms with Gasteiger partial charge < -0.3 is 10.1 Å². The fourth-order valence-electron chi connectivity index (χ4n) is 1.18. The highest BCUT2D eigenvalue weighted by molar-refractivity contribution is 6.32. The van der Waals surface area contributed by atoms with E-state index in [0.29, 0.717) is 37.8 Å². The van der Waals surface area contributed by atoms with Gasteiger partial charge in [-0.1, -0.05) is 25.4 Å². The first kappa shape index (κ1) is 13.9. The van der Waals surface area contributed by atoms with Crippen LogP contribution < -0.4 is 5.32 Å². The molecule has 0 saturated carbocycles. The summed E-state index contributed by atoms with van der Waals surface area (Å²) in [7, 11) is 0. The second kappa shape index (κ2) is 7.19. The van der Waals surface area contributed by atoms with Crippen molar-refractivity contribution in [3.8, 4) is 0 Å². The molecule has 0 bridgehead atoms. The Kier molecular flexibility index (Phi) is 5.86. The van der Waals surface area contributed by atoms with Gasteiger partial charge in [0.05, 0.1) is 12.2 Å². The van der Waals surface area contributed by atoms with E-state index in [9.17, 15) is 4.79 Å². The van der Waals surface area contributed by atoms with Crippen LogP contribution in [0.1, 0.15) is 24.2 Å². The number of carbonyl (C=O) groups is 1. The number of aromatic nitrogens is 2. The standard InChI is InChI=1S/C11H16ClN3O2/c1-8(2)6-17-4-3-13-11-9(5-16)10(12)14-7-15-11/h5,7-8H,3-4,6H2,1-2H3,(H,13,14,15). The average molecular weight is 258 g/mol. The molecule has 0 amide bonds. The third kappa shape index (κ3) is 4.66. The maximum absolute atomic E-state index is 10.8. The highest BCUT2D eigenvalue weighted by Gasteiger charge is 2.07. The third-order valence-corrected chi connectivity index (χ3v) is 2.24. The minimum Gasteiger partial charge on any atom is -0.379 e. The smallest absolute Gasteiger partial charge is 0.156 e. The summed E-state index contributed by atoms with van der Waals surface area (Å²) in [6, 6.07) is 0. The number of nitrogens with one attached hydrogen (secondary N) is 1. The number of anilines is 1. The minimum atomic E-state index is 0.153. The molecule has 0 unspecified atom stereocenters. The Morgan fingerprint density at radius 1 is 1.53 bits per heavy atom. The van der Waals surface area contributed by atoms with Crippen LogP contribution in [-0.4, -0.2) is 36.0 Å². The first-order chi connectivity index (χ1) is 8.15. The fraction of sp³-hybridized carbons (Fsp3) is 0.545. The topological polar surface area (TPSA) is 64.1 Å². The van der Waals surface area contributed by atoms with Gasteiger partial charge in [0.15, 0.2) is 6.29 Å². The number of hydrogen-bond donors (Lipinski definition) is 1. The summed E-state index contributed by atoms with van der Waals surface area (Å²) < 4.78 is 5.39. The molecule has 17 heavy (non-hydrogen) atoms. The van der Waals surface area contributed by atoms with E-state index in [0.717, 1.165) is 0 Å². The molecule has 0 atom stereocenters. The second-order valence-electron chi connectivity index (χ2n) is 3.94. The Labute approximate surface area is 106 Å². The van der Waals surface area contributed by atoms with Crippen LogP contribution in [-0.2, 0) is 4.74 Å². The predicted molar refractivity (Wildman–Crippen MR) is 66.6 cm³/mol. The van der Waals surface area contributed by atoms with E-state index in [2.05, 4.69) is 29.1 Å². The molecule has 94 valence electrons. The molecule has 6 heteroatoms. The summed E-state index contributed by atoms with van der Waals surface area (Å²) in [5.74, 6) is 0.946. The number of halogens is 1. The number of hydrogen-bond acceptors (Lipinski definition) is 5. The molecule has 1 aromatic rings. The zero-order valence-electron chi connectivity index (χ0n) is 9.94. The first-order valence-corrected chi connectivity index (χ1v) is 5.80. The van der Waals surface area contributed by atoms with Gasteiger partial charge in [0.25, 0.3) is 0 Å². The van der Waals surface area contributed by atoms with E-state index in [1.54, 1.807) is 0 Å². The largest absolute Gasteiger partial charge is 0.379 e. The molecule has 0 radical (unpaired) electrons. The molecular formula is C11H16ClN3O2. The van der Waals surface area contributed by atoms with Crippen molar-refractivity contribution >= 4 is 23.7 Å². The van der Waals surface area contributed by atoms with E-state index >= 15 is 0 Å². The maximum atomic E-state index is 10.8. The summed E-state index contributed by atoms with van der Waals surface area (Å²) in [6.45, 7) is 6.01. The Morgan fingerprint density at radius 2 is 2.29 bits per heavy atom. The monoisotopic (exact) mass is 257 g/mol. The van der Waals surface area contributed by atoms with Crippen LogP contribution in [0.3, 0.4) is 0 Å². The Morgan fingerprint density at radius 3 is 2.94 bits per heavy atom. The van der Waals surface area contributed by atoms with Crippen LogP contribution in [0, 0.1) is 5.92 Å². The highest BCUT2D eigenvalue weighted by atomic mass is 35.5. The molecule has 0 saturated heterocycles. The molecule has 0 aliphatic carbocycles. The number of ether oxygens (including phenoxy) is 1. The van der Waals surface area contributed by atoms with Gasteiger partial charge in [-0.05, 0) is 5.92 Å². The van der Waals surface area contributed by atoms with Crippen LogP contribution in [0.5, 0.6) is 0 Å². The van der Waals surface area contributed by atoms with Gasteiger partial charge in [-0.3, -0.25) is 4.79 Å². The molecular weight excluding hydrogens is 242 g/mol. The van der Waals surface area contributed by atoms with Gasteiger partial charge in [-0.15, -0.1) is 0 Å². The van der Waals surface area contributed by atoms with Crippen molar-refractivity contribution in [3.05, 3.63) is 17.0 Å². The van der Waals surface area contributed by atoms with Crippen LogP contribution in [0.2, 0.25) is 5.15 Å². The Balaban J connectivity index is 2.41. The van der Waals surface area contributed by atoms with Crippen molar-refractivity contribution < 1.29 is 9.53 Å². The van der Waals surface area contributed by atoms with E-state index in [1.807, 2.05) is 0 Å². The van der Waals surface area contributed by atoms with Crippen molar-refractivity contribution in [2.45, 2.75) is 13.8 Å². The molecule has 0 spiro atoms. The van der Waals surface area contributed by atoms with Crippen LogP contribution >= 0.6 is 11.6 Å². The van der Waals surface area contributed by atoms with Gasteiger partial charge >= 0.3 is 0 Å². The molecule has 5 nitrogen and oxygen atoms in total. The lowest BCUT2D eigenvalue weighted by atomic mass is 10.2. The van der Waals surface area contributed by atoms with Gasteiger partial charge in [0, 0.05) is 13.2 Å². The van der Waals surface area contributed by atoms with Crippen molar-refractivity contribution in [2.75, 3.05) is 25.1 Å². The van der Waals surface area contributed by atoms with Gasteiger partial charge in [-0.25, -0.2) is 9.97 Å². The van der Waals surface area contributed by atoms with Crippen LogP contribution in [0.15, 0.2) is 6.33 Å². The summed E-state index contributed by atoms with van der Waals surface area (Å²) in [6.07, 6.45) is 1.95. The summed E-state index contributed by atoms with van der Waals surface area (Å²) in [5.41, 5.74) is 0.276. The lowest BCUT2D eigenvalue weighted by Gasteiger charge is -2.09. The Hall–Kier alpha value is -1.20. The Bertz CT molecular complexity index is 372. The second-order valence-corrected chi connectivity index (χ2v) is 4.30. The molecule has 0 fully saturated rings. The van der Waals surface area contributed by atoms with Gasteiger partial charge in [0.2, 0.25) is 0 Å². The lowest BCUT2D eigenvalue weighted by molar-refractivity contribution is 0.112. The lowest BCUT2D eigenvalue weighted by Crippen LogP contribution is -2.14. The number of carbonyl (C=O) groups excluding carboxylic acids is 1. The molecule has 1 N–H and O–H groups in total. The minimum absolute atomic E-state index is 0.153.